The summed E-state index contributed by atoms with van der Waals surface area (Å²) in [5, 5.41) is 0. The Morgan fingerprint density at radius 1 is 1.33 bits per heavy atom. The maximum Gasteiger partial charge on any atom is 0.338 e. The molecule has 0 bridgehead atoms. The molecule has 80 valence electrons. The van der Waals surface area contributed by atoms with Gasteiger partial charge in [0.15, 0.2) is 0 Å². The van der Waals surface area contributed by atoms with Crippen molar-refractivity contribution in [2.45, 2.75) is 20.3 Å². The molecule has 0 saturated carbocycles. The van der Waals surface area contributed by atoms with Crippen molar-refractivity contribution < 1.29 is 9.53 Å². The van der Waals surface area contributed by atoms with Crippen molar-refractivity contribution in [1.29, 1.82) is 0 Å². The van der Waals surface area contributed by atoms with Crippen LogP contribution in [-0.4, -0.2) is 12.6 Å². The minimum Gasteiger partial charge on any atom is -0.462 e. The molecule has 0 aliphatic carbocycles. The van der Waals surface area contributed by atoms with Crippen molar-refractivity contribution in [3.05, 3.63) is 47.5 Å². The minimum atomic E-state index is -0.255. The van der Waals surface area contributed by atoms with E-state index in [0.29, 0.717) is 12.2 Å². The van der Waals surface area contributed by atoms with Crippen LogP contribution in [0.25, 0.3) is 0 Å². The van der Waals surface area contributed by atoms with Gasteiger partial charge >= 0.3 is 5.97 Å². The van der Waals surface area contributed by atoms with Crippen LogP contribution in [0.2, 0.25) is 0 Å². The summed E-state index contributed by atoms with van der Waals surface area (Å²) in [5.74, 6) is -0.255. The molecule has 1 rings (SSSR count). The smallest absolute Gasteiger partial charge is 0.338 e. The maximum absolute atomic E-state index is 11.3. The van der Waals surface area contributed by atoms with E-state index >= 15 is 0 Å². The van der Waals surface area contributed by atoms with E-state index in [2.05, 4.69) is 6.08 Å². The van der Waals surface area contributed by atoms with Crippen LogP contribution in [0.5, 0.6) is 0 Å². The lowest BCUT2D eigenvalue weighted by Gasteiger charge is -2.02. The van der Waals surface area contributed by atoms with Gasteiger partial charge in [-0.1, -0.05) is 24.3 Å². The Bertz CT molecular complexity index is 336. The summed E-state index contributed by atoms with van der Waals surface area (Å²) < 4.78 is 4.90. The summed E-state index contributed by atoms with van der Waals surface area (Å²) in [6, 6.07) is 7.51. The van der Waals surface area contributed by atoms with Crippen LogP contribution in [0.4, 0.5) is 0 Å². The second-order valence-corrected chi connectivity index (χ2v) is 3.19. The molecule has 0 aromatic heterocycles. The molecule has 0 unspecified atom stereocenters. The highest BCUT2D eigenvalue weighted by Gasteiger charge is 2.04. The number of carbonyl (C=O) groups excluding carboxylic acids is 1. The predicted molar refractivity (Wildman–Crippen MR) is 60.9 cm³/mol. The Balaban J connectivity index is 2.67. The Kier molecular flexibility index (Phi) is 4.61. The van der Waals surface area contributed by atoms with Gasteiger partial charge in [0.1, 0.15) is 0 Å². The summed E-state index contributed by atoms with van der Waals surface area (Å²) >= 11 is 0. The molecule has 1 aromatic carbocycles. The normalized spacial score (nSPS) is 10.5. The quantitative estimate of drug-likeness (QED) is 0.556. The SMILES string of the molecule is CC=CCc1ccc(C(=O)OCC)cc1. The molecule has 0 fully saturated rings. The standard InChI is InChI=1S/C13H16O2/c1-3-5-6-11-7-9-12(10-8-11)13(14)15-4-2/h3,5,7-10H,4,6H2,1-2H3. The molecule has 2 heteroatoms. The lowest BCUT2D eigenvalue weighted by atomic mass is 10.1. The molecule has 0 saturated heterocycles. The van der Waals surface area contributed by atoms with E-state index in [-0.39, 0.29) is 5.97 Å². The second kappa shape index (κ2) is 6.02. The zero-order valence-corrected chi connectivity index (χ0v) is 9.19. The highest BCUT2D eigenvalue weighted by Crippen LogP contribution is 2.07. The molecule has 2 nitrogen and oxygen atoms in total. The Morgan fingerprint density at radius 3 is 2.53 bits per heavy atom. The van der Waals surface area contributed by atoms with Gasteiger partial charge in [0.25, 0.3) is 0 Å². The highest BCUT2D eigenvalue weighted by molar-refractivity contribution is 5.89. The highest BCUT2D eigenvalue weighted by atomic mass is 16.5. The molecule has 15 heavy (non-hydrogen) atoms. The van der Waals surface area contributed by atoms with E-state index in [0.717, 1.165) is 6.42 Å². The third-order valence-electron chi connectivity index (χ3n) is 2.05. The van der Waals surface area contributed by atoms with E-state index < -0.39 is 0 Å². The van der Waals surface area contributed by atoms with Gasteiger partial charge in [-0.25, -0.2) is 4.79 Å². The fourth-order valence-electron chi connectivity index (χ4n) is 1.25. The lowest BCUT2D eigenvalue weighted by Crippen LogP contribution is -2.04. The first-order valence-electron chi connectivity index (χ1n) is 5.15. The van der Waals surface area contributed by atoms with E-state index in [1.165, 1.54) is 5.56 Å². The van der Waals surface area contributed by atoms with Crippen LogP contribution in [0.3, 0.4) is 0 Å². The summed E-state index contributed by atoms with van der Waals surface area (Å²) in [6.45, 7) is 4.21. The molecule has 0 atom stereocenters. The zero-order valence-electron chi connectivity index (χ0n) is 9.19. The first kappa shape index (κ1) is 11.5. The summed E-state index contributed by atoms with van der Waals surface area (Å²) in [5.41, 5.74) is 1.81. The third kappa shape index (κ3) is 3.58. The Hall–Kier alpha value is -1.57. The minimum absolute atomic E-state index is 0.255. The van der Waals surface area contributed by atoms with Crippen LogP contribution in [0, 0.1) is 0 Å². The topological polar surface area (TPSA) is 26.3 Å². The average Bonchev–Trinajstić information content (AvgIpc) is 2.27. The zero-order chi connectivity index (χ0) is 11.1. The number of hydrogen-bond acceptors (Lipinski definition) is 2. The number of ether oxygens (including phenoxy) is 1. The van der Waals surface area contributed by atoms with Gasteiger partial charge in [-0.2, -0.15) is 0 Å². The van der Waals surface area contributed by atoms with E-state index in [4.69, 9.17) is 4.74 Å². The number of rotatable bonds is 4. The lowest BCUT2D eigenvalue weighted by molar-refractivity contribution is 0.0526. The van der Waals surface area contributed by atoms with Crippen molar-refractivity contribution in [2.24, 2.45) is 0 Å². The van der Waals surface area contributed by atoms with Crippen molar-refractivity contribution in [3.63, 3.8) is 0 Å². The average molecular weight is 204 g/mol. The van der Waals surface area contributed by atoms with Gasteiger partial charge in [-0.05, 0) is 38.0 Å². The Labute approximate surface area is 90.6 Å². The summed E-state index contributed by atoms with van der Waals surface area (Å²) in [6.07, 6.45) is 5.00. The first-order valence-corrected chi connectivity index (χ1v) is 5.15. The molecule has 0 aliphatic heterocycles. The van der Waals surface area contributed by atoms with Crippen LogP contribution >= 0.6 is 0 Å². The summed E-state index contributed by atoms with van der Waals surface area (Å²) in [4.78, 5) is 11.3. The van der Waals surface area contributed by atoms with Gasteiger partial charge in [-0.15, -0.1) is 0 Å². The number of esters is 1. The largest absolute Gasteiger partial charge is 0.462 e. The monoisotopic (exact) mass is 204 g/mol. The molecule has 0 amide bonds. The van der Waals surface area contributed by atoms with Crippen LogP contribution in [-0.2, 0) is 11.2 Å². The van der Waals surface area contributed by atoms with Crippen molar-refractivity contribution in [2.75, 3.05) is 6.61 Å². The number of hydrogen-bond donors (Lipinski definition) is 0. The molecular formula is C13H16O2. The summed E-state index contributed by atoms with van der Waals surface area (Å²) in [7, 11) is 0. The molecule has 0 radical (unpaired) electrons. The fourth-order valence-corrected chi connectivity index (χ4v) is 1.25. The number of carbonyl (C=O) groups is 1. The molecule has 1 aromatic rings. The fraction of sp³-hybridized carbons (Fsp3) is 0.308. The molecule has 0 spiro atoms. The Morgan fingerprint density at radius 2 is 2.00 bits per heavy atom. The van der Waals surface area contributed by atoms with E-state index in [9.17, 15) is 4.79 Å². The van der Waals surface area contributed by atoms with Gasteiger partial charge in [0, 0.05) is 0 Å². The van der Waals surface area contributed by atoms with Crippen LogP contribution in [0.15, 0.2) is 36.4 Å². The van der Waals surface area contributed by atoms with Crippen LogP contribution < -0.4 is 0 Å². The second-order valence-electron chi connectivity index (χ2n) is 3.19. The number of benzene rings is 1. The maximum atomic E-state index is 11.3. The van der Waals surface area contributed by atoms with Gasteiger partial charge < -0.3 is 4.74 Å². The van der Waals surface area contributed by atoms with Gasteiger partial charge in [-0.3, -0.25) is 0 Å². The number of allylic oxidation sites excluding steroid dienone is 2. The van der Waals surface area contributed by atoms with Crippen molar-refractivity contribution in [3.8, 4) is 0 Å². The molecule has 0 N–H and O–H groups in total. The first-order chi connectivity index (χ1) is 7.27. The third-order valence-corrected chi connectivity index (χ3v) is 2.05. The predicted octanol–water partition coefficient (Wildman–Crippen LogP) is 2.98. The van der Waals surface area contributed by atoms with Crippen LogP contribution in [0.1, 0.15) is 29.8 Å². The molecular weight excluding hydrogens is 188 g/mol. The van der Waals surface area contributed by atoms with Crippen molar-refractivity contribution >= 4 is 5.97 Å². The molecule has 0 aliphatic rings. The molecule has 0 heterocycles. The van der Waals surface area contributed by atoms with E-state index in [1.807, 2.05) is 25.1 Å². The van der Waals surface area contributed by atoms with Gasteiger partial charge in [0.05, 0.1) is 12.2 Å². The van der Waals surface area contributed by atoms with E-state index in [1.54, 1.807) is 19.1 Å². The van der Waals surface area contributed by atoms with Gasteiger partial charge in [0.2, 0.25) is 0 Å². The van der Waals surface area contributed by atoms with Crippen molar-refractivity contribution in [1.82, 2.24) is 0 Å².